The van der Waals surface area contributed by atoms with Crippen LogP contribution in [-0.2, 0) is 4.79 Å². The average molecular weight is 294 g/mol. The van der Waals surface area contributed by atoms with E-state index in [0.717, 1.165) is 22.5 Å². The minimum absolute atomic E-state index is 0.0719. The SMILES string of the molecule is CC(=O)Nc1ccc(/C=C/c2ccc(N=C=S)cc2)cc1. The van der Waals surface area contributed by atoms with Crippen LogP contribution in [0.2, 0.25) is 0 Å². The van der Waals surface area contributed by atoms with Gasteiger partial charge in [-0.15, -0.1) is 0 Å². The second-order valence-corrected chi connectivity index (χ2v) is 4.61. The molecule has 2 aromatic rings. The molecule has 2 rings (SSSR count). The van der Waals surface area contributed by atoms with E-state index >= 15 is 0 Å². The fourth-order valence-corrected chi connectivity index (χ4v) is 1.89. The third kappa shape index (κ3) is 4.80. The van der Waals surface area contributed by atoms with Crippen molar-refractivity contribution in [2.75, 3.05) is 5.32 Å². The zero-order valence-electron chi connectivity index (χ0n) is 11.5. The lowest BCUT2D eigenvalue weighted by Crippen LogP contribution is -2.05. The number of rotatable bonds is 4. The monoisotopic (exact) mass is 294 g/mol. The number of anilines is 1. The van der Waals surface area contributed by atoms with Crippen molar-refractivity contribution in [3.63, 3.8) is 0 Å². The summed E-state index contributed by atoms with van der Waals surface area (Å²) in [6, 6.07) is 15.4. The number of benzene rings is 2. The second kappa shape index (κ2) is 7.29. The second-order valence-electron chi connectivity index (χ2n) is 4.43. The highest BCUT2D eigenvalue weighted by Crippen LogP contribution is 2.15. The summed E-state index contributed by atoms with van der Waals surface area (Å²) in [5.74, 6) is -0.0719. The van der Waals surface area contributed by atoms with Gasteiger partial charge in [-0.3, -0.25) is 4.79 Å². The molecule has 0 aliphatic rings. The highest BCUT2D eigenvalue weighted by molar-refractivity contribution is 7.78. The maximum absolute atomic E-state index is 10.9. The number of amides is 1. The summed E-state index contributed by atoms with van der Waals surface area (Å²) in [4.78, 5) is 14.8. The van der Waals surface area contributed by atoms with Crippen molar-refractivity contribution in [1.82, 2.24) is 0 Å². The van der Waals surface area contributed by atoms with Gasteiger partial charge in [-0.05, 0) is 47.6 Å². The van der Waals surface area contributed by atoms with Crippen LogP contribution >= 0.6 is 12.2 Å². The Labute approximate surface area is 129 Å². The van der Waals surface area contributed by atoms with Gasteiger partial charge in [0.25, 0.3) is 0 Å². The Bertz CT molecular complexity index is 697. The van der Waals surface area contributed by atoms with E-state index in [2.05, 4.69) is 27.7 Å². The highest BCUT2D eigenvalue weighted by Gasteiger charge is 1.94. The first-order valence-corrected chi connectivity index (χ1v) is 6.82. The zero-order chi connectivity index (χ0) is 15.1. The number of hydrogen-bond donors (Lipinski definition) is 1. The van der Waals surface area contributed by atoms with Gasteiger partial charge in [0.15, 0.2) is 0 Å². The molecule has 2 aromatic carbocycles. The van der Waals surface area contributed by atoms with Gasteiger partial charge in [0, 0.05) is 12.6 Å². The van der Waals surface area contributed by atoms with Gasteiger partial charge < -0.3 is 5.32 Å². The van der Waals surface area contributed by atoms with Crippen LogP contribution in [0.3, 0.4) is 0 Å². The summed E-state index contributed by atoms with van der Waals surface area (Å²) in [5, 5.41) is 5.08. The predicted molar refractivity (Wildman–Crippen MR) is 90.8 cm³/mol. The van der Waals surface area contributed by atoms with Crippen molar-refractivity contribution >= 4 is 46.8 Å². The van der Waals surface area contributed by atoms with Crippen molar-refractivity contribution in [3.8, 4) is 0 Å². The van der Waals surface area contributed by atoms with E-state index in [1.807, 2.05) is 60.7 Å². The van der Waals surface area contributed by atoms with Crippen molar-refractivity contribution in [2.24, 2.45) is 4.99 Å². The number of hydrogen-bond acceptors (Lipinski definition) is 3. The molecule has 0 aliphatic heterocycles. The van der Waals surface area contributed by atoms with E-state index in [9.17, 15) is 4.79 Å². The van der Waals surface area contributed by atoms with Crippen molar-refractivity contribution < 1.29 is 4.79 Å². The molecule has 0 radical (unpaired) electrons. The zero-order valence-corrected chi connectivity index (χ0v) is 12.4. The maximum atomic E-state index is 10.9. The van der Waals surface area contributed by atoms with Crippen LogP contribution < -0.4 is 5.32 Å². The molecule has 0 saturated heterocycles. The first kappa shape index (κ1) is 14.9. The first-order chi connectivity index (χ1) is 10.2. The van der Waals surface area contributed by atoms with Crippen LogP contribution in [0.4, 0.5) is 11.4 Å². The summed E-state index contributed by atoms with van der Waals surface area (Å²) in [6.45, 7) is 1.49. The molecule has 104 valence electrons. The van der Waals surface area contributed by atoms with Crippen LogP contribution in [0.5, 0.6) is 0 Å². The molecule has 1 amide bonds. The predicted octanol–water partition coefficient (Wildman–Crippen LogP) is 4.55. The van der Waals surface area contributed by atoms with Gasteiger partial charge in [0.05, 0.1) is 10.8 Å². The van der Waals surface area contributed by atoms with Gasteiger partial charge in [-0.1, -0.05) is 36.4 Å². The molecule has 0 heterocycles. The lowest BCUT2D eigenvalue weighted by atomic mass is 10.1. The highest BCUT2D eigenvalue weighted by atomic mass is 32.1. The lowest BCUT2D eigenvalue weighted by Gasteiger charge is -2.01. The minimum Gasteiger partial charge on any atom is -0.326 e. The normalized spacial score (nSPS) is 10.1. The lowest BCUT2D eigenvalue weighted by molar-refractivity contribution is -0.114. The summed E-state index contributed by atoms with van der Waals surface area (Å²) in [7, 11) is 0. The van der Waals surface area contributed by atoms with Crippen molar-refractivity contribution in [2.45, 2.75) is 6.92 Å². The summed E-state index contributed by atoms with van der Waals surface area (Å²) in [5.41, 5.74) is 3.72. The van der Waals surface area contributed by atoms with E-state index in [0.29, 0.717) is 0 Å². The summed E-state index contributed by atoms with van der Waals surface area (Å²) < 4.78 is 0. The Morgan fingerprint density at radius 3 is 2.05 bits per heavy atom. The van der Waals surface area contributed by atoms with Crippen molar-refractivity contribution in [3.05, 3.63) is 59.7 Å². The quantitative estimate of drug-likeness (QED) is 0.510. The number of nitrogens with one attached hydrogen (secondary N) is 1. The Hall–Kier alpha value is -2.55. The largest absolute Gasteiger partial charge is 0.326 e. The number of aliphatic imine (C=N–C) groups is 1. The molecule has 0 bridgehead atoms. The van der Waals surface area contributed by atoms with E-state index in [-0.39, 0.29) is 5.91 Å². The Morgan fingerprint density at radius 2 is 1.57 bits per heavy atom. The number of nitrogens with zero attached hydrogens (tertiary/aromatic N) is 1. The number of carbonyl (C=O) groups is 1. The third-order valence-corrected chi connectivity index (χ3v) is 2.86. The van der Waals surface area contributed by atoms with Crippen LogP contribution in [0.25, 0.3) is 12.2 Å². The molecule has 1 N–H and O–H groups in total. The van der Waals surface area contributed by atoms with Crippen molar-refractivity contribution in [1.29, 1.82) is 0 Å². The molecule has 0 fully saturated rings. The van der Waals surface area contributed by atoms with Crippen LogP contribution in [-0.4, -0.2) is 11.1 Å². The smallest absolute Gasteiger partial charge is 0.221 e. The van der Waals surface area contributed by atoms with Crippen LogP contribution in [0.15, 0.2) is 53.5 Å². The average Bonchev–Trinajstić information content (AvgIpc) is 2.48. The molecule has 0 aromatic heterocycles. The molecule has 0 atom stereocenters. The van der Waals surface area contributed by atoms with Gasteiger partial charge in [0.2, 0.25) is 5.91 Å². The molecule has 0 saturated carbocycles. The minimum atomic E-state index is -0.0719. The van der Waals surface area contributed by atoms with Gasteiger partial charge in [-0.2, -0.15) is 4.99 Å². The summed E-state index contributed by atoms with van der Waals surface area (Å²) >= 11 is 4.56. The molecular weight excluding hydrogens is 280 g/mol. The Balaban J connectivity index is 2.06. The standard InChI is InChI=1S/C17H14N2OS/c1-13(20)19-17-10-6-15(7-11-17)3-2-14-4-8-16(9-5-14)18-12-21/h2-11H,1H3,(H,19,20)/b3-2+. The van der Waals surface area contributed by atoms with E-state index in [1.165, 1.54) is 6.92 Å². The van der Waals surface area contributed by atoms with Gasteiger partial charge in [-0.25, -0.2) is 0 Å². The number of isothiocyanates is 1. The maximum Gasteiger partial charge on any atom is 0.221 e. The molecule has 4 heteroatoms. The Morgan fingerprint density at radius 1 is 1.05 bits per heavy atom. The molecule has 3 nitrogen and oxygen atoms in total. The van der Waals surface area contributed by atoms with E-state index in [4.69, 9.17) is 0 Å². The summed E-state index contributed by atoms with van der Waals surface area (Å²) in [6.07, 6.45) is 4.02. The molecule has 0 unspecified atom stereocenters. The molecule has 0 spiro atoms. The molecule has 21 heavy (non-hydrogen) atoms. The van der Waals surface area contributed by atoms with E-state index in [1.54, 1.807) is 0 Å². The van der Waals surface area contributed by atoms with Crippen LogP contribution in [0.1, 0.15) is 18.1 Å². The third-order valence-electron chi connectivity index (χ3n) is 2.77. The first-order valence-electron chi connectivity index (χ1n) is 6.41. The molecule has 0 aliphatic carbocycles. The molecular formula is C17H14N2OS. The number of thiocarbonyl (C=S) groups is 1. The van der Waals surface area contributed by atoms with Gasteiger partial charge >= 0.3 is 0 Å². The topological polar surface area (TPSA) is 41.5 Å². The van der Waals surface area contributed by atoms with Crippen LogP contribution in [0, 0.1) is 0 Å². The van der Waals surface area contributed by atoms with E-state index < -0.39 is 0 Å². The number of carbonyl (C=O) groups excluding carboxylic acids is 1. The fraction of sp³-hybridized carbons (Fsp3) is 0.0588. The van der Waals surface area contributed by atoms with Gasteiger partial charge in [0.1, 0.15) is 0 Å². The Kier molecular flexibility index (Phi) is 5.16. The fourth-order valence-electron chi connectivity index (χ4n) is 1.79.